The lowest BCUT2D eigenvalue weighted by Gasteiger charge is -2.10. The third-order valence-corrected chi connectivity index (χ3v) is 8.81. The van der Waals surface area contributed by atoms with Crippen molar-refractivity contribution in [3.8, 4) is 11.5 Å². The highest BCUT2D eigenvalue weighted by molar-refractivity contribution is 9.11. The van der Waals surface area contributed by atoms with E-state index in [1.165, 1.54) is 0 Å². The number of hydrogen-bond acceptors (Lipinski definition) is 5. The maximum absolute atomic E-state index is 12.9. The molecule has 3 heterocycles. The predicted octanol–water partition coefficient (Wildman–Crippen LogP) is 5.58. The van der Waals surface area contributed by atoms with E-state index in [1.807, 2.05) is 32.0 Å². The Kier molecular flexibility index (Phi) is 6.30. The molecule has 5 rings (SSSR count). The SMILES string of the molecule is CCOC(=O)c1c(C)c2c(Oc3ccc4c(c3)c(Br)c(C)n4S(=O)NC3CC3)ccnn2c1Br. The number of nitrogens with zero attached hydrogens (tertiary/aromatic N) is 3. The van der Waals surface area contributed by atoms with Gasteiger partial charge < -0.3 is 9.47 Å². The van der Waals surface area contributed by atoms with Crippen LogP contribution < -0.4 is 9.46 Å². The van der Waals surface area contributed by atoms with Crippen LogP contribution in [-0.2, 0) is 15.9 Å². The van der Waals surface area contributed by atoms with Gasteiger partial charge in [0.2, 0.25) is 11.2 Å². The van der Waals surface area contributed by atoms with E-state index < -0.39 is 17.1 Å². The molecule has 1 aromatic carbocycles. The third kappa shape index (κ3) is 3.98. The second-order valence-electron chi connectivity index (χ2n) is 8.08. The number of fused-ring (bicyclic) bond motifs is 2. The van der Waals surface area contributed by atoms with Gasteiger partial charge in [-0.2, -0.15) is 5.10 Å². The lowest BCUT2D eigenvalue weighted by Crippen LogP contribution is -2.25. The van der Waals surface area contributed by atoms with Crippen molar-refractivity contribution in [3.05, 3.63) is 56.4 Å². The first-order valence-electron chi connectivity index (χ1n) is 10.8. The lowest BCUT2D eigenvalue weighted by atomic mass is 10.2. The van der Waals surface area contributed by atoms with Crippen molar-refractivity contribution in [3.63, 3.8) is 0 Å². The minimum atomic E-state index is -1.35. The van der Waals surface area contributed by atoms with Gasteiger partial charge in [0.1, 0.15) is 15.9 Å². The van der Waals surface area contributed by atoms with Gasteiger partial charge in [0.05, 0.1) is 23.9 Å². The lowest BCUT2D eigenvalue weighted by molar-refractivity contribution is 0.0524. The largest absolute Gasteiger partial charge is 0.462 e. The molecule has 1 N–H and O–H groups in total. The summed E-state index contributed by atoms with van der Waals surface area (Å²) in [5, 5.41) is 5.26. The summed E-state index contributed by atoms with van der Waals surface area (Å²) in [7, 11) is 0. The number of benzene rings is 1. The molecule has 0 aliphatic heterocycles. The first kappa shape index (κ1) is 23.5. The summed E-state index contributed by atoms with van der Waals surface area (Å²) in [6.07, 6.45) is 3.72. The summed E-state index contributed by atoms with van der Waals surface area (Å²) in [6, 6.07) is 7.73. The summed E-state index contributed by atoms with van der Waals surface area (Å²) in [6.45, 7) is 5.82. The number of nitrogens with one attached hydrogen (secondary N) is 1. The maximum atomic E-state index is 12.9. The van der Waals surface area contributed by atoms with E-state index in [1.54, 1.807) is 27.7 Å². The van der Waals surface area contributed by atoms with Crippen molar-refractivity contribution < 1.29 is 18.5 Å². The average Bonchev–Trinajstić information content (AvgIpc) is 3.53. The van der Waals surface area contributed by atoms with Crippen LogP contribution in [0.25, 0.3) is 16.4 Å². The fourth-order valence-corrected chi connectivity index (χ4v) is 6.58. The molecular weight excluding hydrogens is 588 g/mol. The Bertz CT molecular complexity index is 1480. The van der Waals surface area contributed by atoms with Crippen molar-refractivity contribution in [2.24, 2.45) is 0 Å². The molecule has 1 aliphatic carbocycles. The Labute approximate surface area is 215 Å². The molecule has 178 valence electrons. The van der Waals surface area contributed by atoms with Crippen molar-refractivity contribution >= 4 is 65.4 Å². The second kappa shape index (κ2) is 9.10. The molecule has 1 unspecified atom stereocenters. The van der Waals surface area contributed by atoms with Gasteiger partial charge in [-0.25, -0.2) is 22.2 Å². The van der Waals surface area contributed by atoms with Gasteiger partial charge in [0.25, 0.3) is 0 Å². The highest BCUT2D eigenvalue weighted by Crippen LogP contribution is 2.38. The van der Waals surface area contributed by atoms with Gasteiger partial charge in [-0.15, -0.1) is 0 Å². The fraction of sp³-hybridized carbons (Fsp3) is 0.304. The average molecular weight is 610 g/mol. The van der Waals surface area contributed by atoms with Gasteiger partial charge >= 0.3 is 5.97 Å². The Hall–Kier alpha value is -2.21. The third-order valence-electron chi connectivity index (χ3n) is 5.74. The smallest absolute Gasteiger partial charge is 0.341 e. The molecule has 1 atom stereocenters. The fourth-order valence-electron chi connectivity index (χ4n) is 3.94. The number of aromatic nitrogens is 3. The molecule has 3 aromatic heterocycles. The molecule has 8 nitrogen and oxygen atoms in total. The van der Waals surface area contributed by atoms with Crippen LogP contribution >= 0.6 is 31.9 Å². The highest BCUT2D eigenvalue weighted by Gasteiger charge is 2.27. The van der Waals surface area contributed by atoms with Crippen LogP contribution in [0, 0.1) is 13.8 Å². The molecule has 0 amide bonds. The number of carbonyl (C=O) groups excluding carboxylic acids is 1. The minimum absolute atomic E-state index is 0.280. The van der Waals surface area contributed by atoms with Crippen LogP contribution in [-0.4, -0.2) is 36.4 Å². The number of hydrogen-bond donors (Lipinski definition) is 1. The normalized spacial score (nSPS) is 14.6. The molecule has 4 aromatic rings. The zero-order valence-corrected chi connectivity index (χ0v) is 22.7. The van der Waals surface area contributed by atoms with Crippen LogP contribution in [0.2, 0.25) is 0 Å². The predicted molar refractivity (Wildman–Crippen MR) is 138 cm³/mol. The van der Waals surface area contributed by atoms with Crippen molar-refractivity contribution in [2.75, 3.05) is 6.61 Å². The zero-order valence-electron chi connectivity index (χ0n) is 18.7. The summed E-state index contributed by atoms with van der Waals surface area (Å²) < 4.78 is 32.3. The van der Waals surface area contributed by atoms with Gasteiger partial charge in [0.15, 0.2) is 5.75 Å². The van der Waals surface area contributed by atoms with E-state index in [9.17, 15) is 9.00 Å². The summed E-state index contributed by atoms with van der Waals surface area (Å²) in [4.78, 5) is 12.5. The van der Waals surface area contributed by atoms with Crippen molar-refractivity contribution in [2.45, 2.75) is 39.7 Å². The molecule has 0 radical (unpaired) electrons. The van der Waals surface area contributed by atoms with Gasteiger partial charge in [-0.05, 0) is 89.2 Å². The topological polar surface area (TPSA) is 86.9 Å². The Morgan fingerprint density at radius 3 is 2.74 bits per heavy atom. The van der Waals surface area contributed by atoms with Crippen LogP contribution in [0.1, 0.15) is 41.4 Å². The van der Waals surface area contributed by atoms with E-state index in [0.717, 1.165) is 33.9 Å². The summed E-state index contributed by atoms with van der Waals surface area (Å²) in [5.74, 6) is 0.737. The quantitative estimate of drug-likeness (QED) is 0.277. The van der Waals surface area contributed by atoms with Crippen molar-refractivity contribution in [1.29, 1.82) is 0 Å². The number of ether oxygens (including phenoxy) is 2. The highest BCUT2D eigenvalue weighted by atomic mass is 79.9. The van der Waals surface area contributed by atoms with E-state index >= 15 is 0 Å². The molecule has 1 aliphatic rings. The second-order valence-corrected chi connectivity index (χ2v) is 10.7. The number of halogens is 2. The molecule has 11 heteroatoms. The van der Waals surface area contributed by atoms with E-state index in [0.29, 0.717) is 38.8 Å². The first-order valence-corrected chi connectivity index (χ1v) is 13.5. The van der Waals surface area contributed by atoms with Crippen LogP contribution in [0.3, 0.4) is 0 Å². The molecule has 1 saturated carbocycles. The summed E-state index contributed by atoms with van der Waals surface area (Å²) >= 11 is 5.78. The monoisotopic (exact) mass is 608 g/mol. The molecule has 0 spiro atoms. The molecular formula is C23H22Br2N4O4S. The van der Waals surface area contributed by atoms with E-state index in [-0.39, 0.29) is 6.61 Å². The van der Waals surface area contributed by atoms with Crippen LogP contribution in [0.15, 0.2) is 39.5 Å². The van der Waals surface area contributed by atoms with Crippen LogP contribution in [0.4, 0.5) is 0 Å². The molecule has 0 saturated heterocycles. The first-order chi connectivity index (χ1) is 16.3. The minimum Gasteiger partial charge on any atom is -0.462 e. The van der Waals surface area contributed by atoms with Gasteiger partial charge in [-0.1, -0.05) is 0 Å². The maximum Gasteiger partial charge on any atom is 0.341 e. The van der Waals surface area contributed by atoms with E-state index in [2.05, 4.69) is 41.7 Å². The number of rotatable bonds is 7. The zero-order chi connectivity index (χ0) is 24.1. The number of esters is 1. The van der Waals surface area contributed by atoms with E-state index in [4.69, 9.17) is 9.47 Å². The molecule has 34 heavy (non-hydrogen) atoms. The number of aryl methyl sites for hydroxylation is 1. The Morgan fingerprint density at radius 1 is 1.26 bits per heavy atom. The summed E-state index contributed by atoms with van der Waals surface area (Å²) in [5.41, 5.74) is 3.51. The Balaban J connectivity index is 1.55. The van der Waals surface area contributed by atoms with Crippen LogP contribution in [0.5, 0.6) is 11.5 Å². The van der Waals surface area contributed by atoms with Crippen molar-refractivity contribution in [1.82, 2.24) is 18.3 Å². The Morgan fingerprint density at radius 2 is 2.03 bits per heavy atom. The molecule has 0 bridgehead atoms. The standard InChI is InChI=1S/C23H22Br2N4O4S/c1-4-32-23(30)19-12(2)21-18(9-10-26-28(21)22(19)25)33-15-7-8-17-16(11-15)20(24)13(3)29(17)34(31)27-14-5-6-14/h7-11,14,27H,4-6H2,1-3H3. The van der Waals surface area contributed by atoms with Gasteiger partial charge in [0, 0.05) is 27.7 Å². The van der Waals surface area contributed by atoms with Gasteiger partial charge in [-0.3, -0.25) is 0 Å². The molecule has 1 fully saturated rings. The number of carbonyl (C=O) groups is 1.